The van der Waals surface area contributed by atoms with Crippen LogP contribution >= 0.6 is 0 Å². The lowest BCUT2D eigenvalue weighted by molar-refractivity contribution is 0.337. The van der Waals surface area contributed by atoms with Crippen LogP contribution in [0.5, 0.6) is 0 Å². The summed E-state index contributed by atoms with van der Waals surface area (Å²) in [5.41, 5.74) is 3.23. The van der Waals surface area contributed by atoms with E-state index in [1.165, 1.54) is 11.3 Å². The minimum Gasteiger partial charge on any atom is -0.374 e. The number of nitriles is 1. The van der Waals surface area contributed by atoms with Crippen molar-refractivity contribution < 1.29 is 0 Å². The lowest BCUT2D eigenvalue weighted by Crippen LogP contribution is -2.27. The fourth-order valence-electron chi connectivity index (χ4n) is 2.87. The zero-order valence-corrected chi connectivity index (χ0v) is 12.2. The van der Waals surface area contributed by atoms with Crippen LogP contribution in [0.25, 0.3) is 0 Å². The van der Waals surface area contributed by atoms with Crippen molar-refractivity contribution in [3.63, 3.8) is 0 Å². The highest BCUT2D eigenvalue weighted by Crippen LogP contribution is 2.31. The molecule has 2 radical (unpaired) electrons. The molecule has 0 unspecified atom stereocenters. The summed E-state index contributed by atoms with van der Waals surface area (Å²) in [6, 6.07) is 7.99. The minimum absolute atomic E-state index is 0.251. The Balaban J connectivity index is 1.89. The third kappa shape index (κ3) is 3.70. The van der Waals surface area contributed by atoms with Gasteiger partial charge in [-0.1, -0.05) is 61.8 Å². The molecule has 0 amide bonds. The molecule has 1 aromatic rings. The van der Waals surface area contributed by atoms with E-state index in [1.807, 2.05) is 12.1 Å². The van der Waals surface area contributed by atoms with Gasteiger partial charge in [0.25, 0.3) is 6.71 Å². The maximum absolute atomic E-state index is 8.95. The summed E-state index contributed by atoms with van der Waals surface area (Å²) in [4.78, 5) is 2.23. The van der Waals surface area contributed by atoms with Crippen LogP contribution in [0, 0.1) is 17.1 Å². The second-order valence-electron chi connectivity index (χ2n) is 5.77. The lowest BCUT2D eigenvalue weighted by atomic mass is 9.41. The Hall–Kier alpha value is -1.62. The SMILES string of the molecule is [B]c1ccc(CN(C)C(=C)C2CCB(C#N)CC2)cc1. The van der Waals surface area contributed by atoms with Crippen molar-refractivity contribution in [1.82, 2.24) is 4.90 Å². The topological polar surface area (TPSA) is 27.0 Å². The first kappa shape index (κ1) is 14.8. The fourth-order valence-corrected chi connectivity index (χ4v) is 2.87. The first-order valence-electron chi connectivity index (χ1n) is 7.24. The average molecular weight is 262 g/mol. The number of allylic oxidation sites excluding steroid dienone is 1. The lowest BCUT2D eigenvalue weighted by Gasteiger charge is -2.31. The molecule has 0 atom stereocenters. The Morgan fingerprint density at radius 2 is 2.00 bits per heavy atom. The predicted octanol–water partition coefficient (Wildman–Crippen LogP) is 2.39. The Morgan fingerprint density at radius 1 is 1.40 bits per heavy atom. The summed E-state index contributed by atoms with van der Waals surface area (Å²) in [6.45, 7) is 5.37. The van der Waals surface area contributed by atoms with E-state index in [4.69, 9.17) is 13.1 Å². The number of hydrogen-bond acceptors (Lipinski definition) is 2. The van der Waals surface area contributed by atoms with Crippen LogP contribution in [0.2, 0.25) is 12.6 Å². The van der Waals surface area contributed by atoms with E-state index in [1.54, 1.807) is 0 Å². The third-order valence-electron chi connectivity index (χ3n) is 4.27. The first-order chi connectivity index (χ1) is 9.60. The summed E-state index contributed by atoms with van der Waals surface area (Å²) in [7, 11) is 7.80. The highest BCUT2D eigenvalue weighted by atomic mass is 15.1. The van der Waals surface area contributed by atoms with E-state index < -0.39 is 0 Å². The molecule has 1 fully saturated rings. The van der Waals surface area contributed by atoms with E-state index in [2.05, 4.69) is 36.6 Å². The number of nitrogens with zero attached hydrogens (tertiary/aromatic N) is 2. The van der Waals surface area contributed by atoms with Crippen molar-refractivity contribution in [1.29, 1.82) is 5.26 Å². The minimum atomic E-state index is 0.251. The van der Waals surface area contributed by atoms with Gasteiger partial charge in [-0.25, -0.2) is 5.26 Å². The summed E-state index contributed by atoms with van der Waals surface area (Å²) in [6.07, 6.45) is 4.19. The molecule has 0 saturated carbocycles. The van der Waals surface area contributed by atoms with Gasteiger partial charge in [-0.15, -0.1) is 0 Å². The highest BCUT2D eigenvalue weighted by Gasteiger charge is 2.26. The predicted molar refractivity (Wildman–Crippen MR) is 86.1 cm³/mol. The maximum Gasteiger partial charge on any atom is 0.267 e. The van der Waals surface area contributed by atoms with Gasteiger partial charge in [0.2, 0.25) is 0 Å². The Labute approximate surface area is 124 Å². The molecule has 1 aromatic carbocycles. The van der Waals surface area contributed by atoms with Crippen molar-refractivity contribution in [2.24, 2.45) is 5.92 Å². The largest absolute Gasteiger partial charge is 0.374 e. The normalized spacial score (nSPS) is 15.7. The van der Waals surface area contributed by atoms with Crippen molar-refractivity contribution >= 4 is 20.0 Å². The van der Waals surface area contributed by atoms with Gasteiger partial charge >= 0.3 is 0 Å². The fraction of sp³-hybridized carbons (Fsp3) is 0.438. The zero-order chi connectivity index (χ0) is 14.5. The summed E-state index contributed by atoms with van der Waals surface area (Å²) >= 11 is 0. The molecule has 2 nitrogen and oxygen atoms in total. The van der Waals surface area contributed by atoms with Gasteiger partial charge in [0.05, 0.1) is 0 Å². The van der Waals surface area contributed by atoms with Crippen molar-refractivity contribution in [3.8, 4) is 5.97 Å². The molecule has 0 N–H and O–H groups in total. The molecular formula is C16H20B2N2. The number of rotatable bonds is 4. The molecule has 1 aliphatic rings. The van der Waals surface area contributed by atoms with Crippen molar-refractivity contribution in [2.75, 3.05) is 7.05 Å². The monoisotopic (exact) mass is 262 g/mol. The molecule has 1 aliphatic heterocycles. The van der Waals surface area contributed by atoms with Gasteiger partial charge < -0.3 is 4.90 Å². The quantitative estimate of drug-likeness (QED) is 0.779. The summed E-state index contributed by atoms with van der Waals surface area (Å²) in [5, 5.41) is 8.95. The zero-order valence-electron chi connectivity index (χ0n) is 12.2. The molecule has 100 valence electrons. The van der Waals surface area contributed by atoms with Crippen molar-refractivity contribution in [3.05, 3.63) is 42.1 Å². The molecule has 0 bridgehead atoms. The standard InChI is InChI=1S/C16H20B2N2/c1-13(15-7-9-18(12-19)10-8-15)20(2)11-14-3-5-16(17)6-4-14/h3-6,15H,1,7-11H2,2H3. The van der Waals surface area contributed by atoms with Crippen LogP contribution in [-0.4, -0.2) is 26.5 Å². The van der Waals surface area contributed by atoms with Crippen LogP contribution in [0.4, 0.5) is 0 Å². The van der Waals surface area contributed by atoms with E-state index in [0.717, 1.165) is 37.5 Å². The second kappa shape index (κ2) is 6.70. The summed E-state index contributed by atoms with van der Waals surface area (Å²) in [5.74, 6) is 2.91. The Kier molecular flexibility index (Phi) is 4.95. The van der Waals surface area contributed by atoms with Gasteiger partial charge in [0, 0.05) is 25.3 Å². The average Bonchev–Trinajstić information content (AvgIpc) is 2.49. The van der Waals surface area contributed by atoms with Gasteiger partial charge in [-0.2, -0.15) is 0 Å². The molecule has 1 heterocycles. The first-order valence-corrected chi connectivity index (χ1v) is 7.24. The molecule has 1 saturated heterocycles. The van der Waals surface area contributed by atoms with Gasteiger partial charge in [0.1, 0.15) is 7.85 Å². The van der Waals surface area contributed by atoms with E-state index in [-0.39, 0.29) is 6.71 Å². The van der Waals surface area contributed by atoms with Crippen LogP contribution in [-0.2, 0) is 6.54 Å². The Bertz CT molecular complexity index is 496. The van der Waals surface area contributed by atoms with Crippen LogP contribution < -0.4 is 5.46 Å². The Morgan fingerprint density at radius 3 is 2.55 bits per heavy atom. The molecule has 0 aromatic heterocycles. The van der Waals surface area contributed by atoms with E-state index in [9.17, 15) is 0 Å². The van der Waals surface area contributed by atoms with Crippen LogP contribution in [0.1, 0.15) is 18.4 Å². The molecule has 0 aliphatic carbocycles. The molecule has 4 heteroatoms. The molecule has 2 rings (SSSR count). The van der Waals surface area contributed by atoms with Gasteiger partial charge in [-0.05, 0) is 11.5 Å². The third-order valence-corrected chi connectivity index (χ3v) is 4.27. The van der Waals surface area contributed by atoms with E-state index in [0.29, 0.717) is 5.92 Å². The van der Waals surface area contributed by atoms with Crippen LogP contribution in [0.15, 0.2) is 36.5 Å². The van der Waals surface area contributed by atoms with E-state index >= 15 is 0 Å². The van der Waals surface area contributed by atoms with Crippen molar-refractivity contribution in [2.45, 2.75) is 32.0 Å². The van der Waals surface area contributed by atoms with Gasteiger partial charge in [0.15, 0.2) is 0 Å². The highest BCUT2D eigenvalue weighted by molar-refractivity contribution is 6.67. The molecule has 20 heavy (non-hydrogen) atoms. The van der Waals surface area contributed by atoms with Crippen LogP contribution in [0.3, 0.4) is 0 Å². The second-order valence-corrected chi connectivity index (χ2v) is 5.77. The smallest absolute Gasteiger partial charge is 0.267 e. The number of benzene rings is 1. The molecule has 0 spiro atoms. The number of hydrogen-bond donors (Lipinski definition) is 0. The summed E-state index contributed by atoms with van der Waals surface area (Å²) < 4.78 is 0. The van der Waals surface area contributed by atoms with Gasteiger partial charge in [-0.3, -0.25) is 0 Å². The molecular weight excluding hydrogens is 242 g/mol. The maximum atomic E-state index is 8.95.